The fraction of sp³-hybridized carbons (Fsp3) is 0.391. The molecule has 0 spiro atoms. The molecular formula is C23H25ClN4O3S2. The highest BCUT2D eigenvalue weighted by Crippen LogP contribution is 2.35. The van der Waals surface area contributed by atoms with Crippen LogP contribution in [0.5, 0.6) is 0 Å². The number of anilines is 1. The van der Waals surface area contributed by atoms with Crippen molar-refractivity contribution in [2.24, 2.45) is 4.99 Å². The van der Waals surface area contributed by atoms with Crippen LogP contribution in [0.25, 0.3) is 0 Å². The summed E-state index contributed by atoms with van der Waals surface area (Å²) >= 11 is 7.80. The molecule has 3 heterocycles. The van der Waals surface area contributed by atoms with E-state index in [1.54, 1.807) is 18.2 Å². The number of hydrogen-bond donors (Lipinski definition) is 1. The summed E-state index contributed by atoms with van der Waals surface area (Å²) in [6, 6.07) is 15.4. The van der Waals surface area contributed by atoms with Crippen molar-refractivity contribution in [2.45, 2.75) is 17.8 Å². The van der Waals surface area contributed by atoms with Gasteiger partial charge < -0.3 is 10.2 Å². The van der Waals surface area contributed by atoms with Gasteiger partial charge in [-0.1, -0.05) is 53.7 Å². The third kappa shape index (κ3) is 5.21. The maximum atomic E-state index is 13.1. The van der Waals surface area contributed by atoms with Crippen molar-refractivity contribution in [3.8, 4) is 0 Å². The lowest BCUT2D eigenvalue weighted by Crippen LogP contribution is -2.48. The SMILES string of the molecule is O=C(c1ccc(Cl)c(NC2=N[C@@H]3CS(=O)(=O)C[C@H]3S2)c1)N1CCN(Cc2ccccc2)CC1. The number of aliphatic imine (C=N–C) groups is 1. The smallest absolute Gasteiger partial charge is 0.254 e. The van der Waals surface area contributed by atoms with Gasteiger partial charge >= 0.3 is 0 Å². The molecule has 3 aliphatic heterocycles. The van der Waals surface area contributed by atoms with Crippen LogP contribution in [-0.2, 0) is 16.4 Å². The number of thioether (sulfide) groups is 1. The maximum Gasteiger partial charge on any atom is 0.254 e. The molecule has 2 aromatic rings. The topological polar surface area (TPSA) is 82.1 Å². The van der Waals surface area contributed by atoms with Gasteiger partial charge in [-0.25, -0.2) is 8.42 Å². The first-order chi connectivity index (χ1) is 15.9. The molecule has 0 unspecified atom stereocenters. The Balaban J connectivity index is 1.21. The minimum atomic E-state index is -3.00. The summed E-state index contributed by atoms with van der Waals surface area (Å²) in [5.41, 5.74) is 2.46. The molecule has 174 valence electrons. The highest BCUT2D eigenvalue weighted by atomic mass is 35.5. The Bertz CT molecular complexity index is 1180. The van der Waals surface area contributed by atoms with Gasteiger partial charge in [0.25, 0.3) is 5.91 Å². The number of fused-ring (bicyclic) bond motifs is 1. The van der Waals surface area contributed by atoms with Gasteiger partial charge in [0.15, 0.2) is 15.0 Å². The van der Waals surface area contributed by atoms with Gasteiger partial charge in [-0.15, -0.1) is 0 Å². The molecular weight excluding hydrogens is 480 g/mol. The maximum absolute atomic E-state index is 13.1. The molecule has 3 aliphatic rings. The number of amidine groups is 1. The fourth-order valence-corrected chi connectivity index (χ4v) is 8.25. The zero-order chi connectivity index (χ0) is 23.0. The average Bonchev–Trinajstić information content (AvgIpc) is 3.28. The first-order valence-corrected chi connectivity index (χ1v) is 14.0. The monoisotopic (exact) mass is 504 g/mol. The largest absolute Gasteiger partial charge is 0.336 e. The lowest BCUT2D eigenvalue weighted by molar-refractivity contribution is 0.0628. The Morgan fingerprint density at radius 1 is 1.09 bits per heavy atom. The van der Waals surface area contributed by atoms with Crippen molar-refractivity contribution < 1.29 is 13.2 Å². The van der Waals surface area contributed by atoms with E-state index < -0.39 is 9.84 Å². The van der Waals surface area contributed by atoms with Gasteiger partial charge in [-0.2, -0.15) is 0 Å². The van der Waals surface area contributed by atoms with Crippen molar-refractivity contribution in [3.63, 3.8) is 0 Å². The van der Waals surface area contributed by atoms with Gasteiger partial charge in [0, 0.05) is 43.5 Å². The van der Waals surface area contributed by atoms with Crippen LogP contribution in [0, 0.1) is 0 Å². The Hall–Kier alpha value is -2.07. The van der Waals surface area contributed by atoms with Crippen LogP contribution in [0.3, 0.4) is 0 Å². The highest BCUT2D eigenvalue weighted by molar-refractivity contribution is 8.15. The molecule has 7 nitrogen and oxygen atoms in total. The number of benzene rings is 2. The molecule has 2 saturated heterocycles. The number of rotatable bonds is 4. The molecule has 2 fully saturated rings. The molecule has 10 heteroatoms. The van der Waals surface area contributed by atoms with Crippen LogP contribution >= 0.6 is 23.4 Å². The molecule has 1 N–H and O–H groups in total. The number of sulfone groups is 1. The molecule has 5 rings (SSSR count). The normalized spacial score (nSPS) is 24.4. The number of nitrogens with zero attached hydrogens (tertiary/aromatic N) is 3. The minimum Gasteiger partial charge on any atom is -0.336 e. The van der Waals surface area contributed by atoms with Crippen molar-refractivity contribution >= 4 is 50.0 Å². The van der Waals surface area contributed by atoms with Crippen LogP contribution in [0.1, 0.15) is 15.9 Å². The van der Waals surface area contributed by atoms with Gasteiger partial charge in [-0.3, -0.25) is 14.7 Å². The van der Waals surface area contributed by atoms with Crippen LogP contribution in [0.2, 0.25) is 5.02 Å². The van der Waals surface area contributed by atoms with E-state index in [0.717, 1.165) is 19.6 Å². The number of amides is 1. The van der Waals surface area contributed by atoms with Gasteiger partial charge in [-0.05, 0) is 23.8 Å². The van der Waals surface area contributed by atoms with Crippen molar-refractivity contribution in [2.75, 3.05) is 43.0 Å². The second-order valence-electron chi connectivity index (χ2n) is 8.61. The summed E-state index contributed by atoms with van der Waals surface area (Å²) in [5, 5.41) is 4.30. The van der Waals surface area contributed by atoms with Crippen molar-refractivity contribution in [1.82, 2.24) is 9.80 Å². The quantitative estimate of drug-likeness (QED) is 0.689. The second-order valence-corrected chi connectivity index (χ2v) is 12.4. The minimum absolute atomic E-state index is 0.0157. The number of piperazine rings is 1. The Morgan fingerprint density at radius 2 is 1.85 bits per heavy atom. The average molecular weight is 505 g/mol. The Labute approximate surface area is 203 Å². The van der Waals surface area contributed by atoms with Crippen LogP contribution in [0.4, 0.5) is 5.69 Å². The van der Waals surface area contributed by atoms with E-state index in [2.05, 4.69) is 27.3 Å². The van der Waals surface area contributed by atoms with Crippen LogP contribution < -0.4 is 5.32 Å². The number of halogens is 1. The molecule has 2 aromatic carbocycles. The molecule has 2 atom stereocenters. The molecule has 0 aromatic heterocycles. The van der Waals surface area contributed by atoms with E-state index in [9.17, 15) is 13.2 Å². The Kier molecular flexibility index (Phi) is 6.39. The molecule has 1 amide bonds. The summed E-state index contributed by atoms with van der Waals surface area (Å²) in [5.74, 6) is 0.232. The third-order valence-corrected chi connectivity index (χ3v) is 9.65. The van der Waals surface area contributed by atoms with Gasteiger partial charge in [0.2, 0.25) is 0 Å². The summed E-state index contributed by atoms with van der Waals surface area (Å²) in [6.45, 7) is 3.91. The highest BCUT2D eigenvalue weighted by Gasteiger charge is 2.42. The molecule has 0 aliphatic carbocycles. The lowest BCUT2D eigenvalue weighted by atomic mass is 10.1. The van der Waals surface area contributed by atoms with Gasteiger partial charge in [0.1, 0.15) is 0 Å². The lowest BCUT2D eigenvalue weighted by Gasteiger charge is -2.35. The predicted molar refractivity (Wildman–Crippen MR) is 134 cm³/mol. The van der Waals surface area contributed by atoms with Crippen LogP contribution in [0.15, 0.2) is 53.5 Å². The van der Waals surface area contributed by atoms with Crippen molar-refractivity contribution in [3.05, 3.63) is 64.7 Å². The van der Waals surface area contributed by atoms with Crippen LogP contribution in [-0.4, -0.2) is 78.3 Å². The number of nitrogens with one attached hydrogen (secondary N) is 1. The fourth-order valence-electron chi connectivity index (χ4n) is 4.42. The summed E-state index contributed by atoms with van der Waals surface area (Å²) in [4.78, 5) is 21.9. The summed E-state index contributed by atoms with van der Waals surface area (Å²) in [6.07, 6.45) is 0. The van der Waals surface area contributed by atoms with E-state index in [0.29, 0.717) is 34.5 Å². The van der Waals surface area contributed by atoms with Gasteiger partial charge in [0.05, 0.1) is 28.3 Å². The van der Waals surface area contributed by atoms with E-state index in [-0.39, 0.29) is 28.7 Å². The molecule has 0 bridgehead atoms. The number of hydrogen-bond acceptors (Lipinski definition) is 7. The second kappa shape index (κ2) is 9.29. The van der Waals surface area contributed by atoms with E-state index in [1.807, 2.05) is 23.1 Å². The molecule has 0 radical (unpaired) electrons. The van der Waals surface area contributed by atoms with Crippen molar-refractivity contribution in [1.29, 1.82) is 0 Å². The Morgan fingerprint density at radius 3 is 2.58 bits per heavy atom. The van der Waals surface area contributed by atoms with E-state index in [1.165, 1.54) is 17.3 Å². The number of carbonyl (C=O) groups excluding carboxylic acids is 1. The summed E-state index contributed by atoms with van der Waals surface area (Å²) < 4.78 is 23.6. The van der Waals surface area contributed by atoms with E-state index >= 15 is 0 Å². The van der Waals surface area contributed by atoms with E-state index in [4.69, 9.17) is 11.6 Å². The molecule has 33 heavy (non-hydrogen) atoms. The summed E-state index contributed by atoms with van der Waals surface area (Å²) in [7, 11) is -3.00. The number of carbonyl (C=O) groups is 1. The third-order valence-electron chi connectivity index (χ3n) is 6.18. The molecule has 0 saturated carbocycles. The first-order valence-electron chi connectivity index (χ1n) is 10.9. The zero-order valence-electron chi connectivity index (χ0n) is 18.0. The zero-order valence-corrected chi connectivity index (χ0v) is 20.4. The first kappa shape index (κ1) is 22.7. The standard InChI is InChI=1S/C23H25ClN4O3S2/c24-18-7-6-17(12-19(18)25-23-26-20-14-33(30,31)15-21(20)32-23)22(29)28-10-8-27(9-11-28)13-16-4-2-1-3-5-16/h1-7,12,20-21H,8-11,13-15H2,(H,25,26)/t20-,21-/m1/s1. The predicted octanol–water partition coefficient (Wildman–Crippen LogP) is 2.98.